The van der Waals surface area contributed by atoms with Crippen LogP contribution in [0.4, 0.5) is 0 Å². The van der Waals surface area contributed by atoms with Gasteiger partial charge in [-0.3, -0.25) is 4.79 Å². The van der Waals surface area contributed by atoms with Gasteiger partial charge in [-0.2, -0.15) is 0 Å². The number of ether oxygens (including phenoxy) is 2. The Morgan fingerprint density at radius 1 is 1.12 bits per heavy atom. The van der Waals surface area contributed by atoms with Crippen molar-refractivity contribution < 1.29 is 14.3 Å². The van der Waals surface area contributed by atoms with Gasteiger partial charge in [0, 0.05) is 0 Å². The fraction of sp³-hybridized carbons (Fsp3) is 0.444. The Balaban J connectivity index is 2.17. The van der Waals surface area contributed by atoms with Gasteiger partial charge in [-0.05, 0) is 36.6 Å². The van der Waals surface area contributed by atoms with Gasteiger partial charge in [0.1, 0.15) is 4.32 Å². The first-order chi connectivity index (χ1) is 11.6. The zero-order valence-electron chi connectivity index (χ0n) is 14.1. The smallest absolute Gasteiger partial charge is 0.263 e. The normalized spacial score (nSPS) is 15.7. The van der Waals surface area contributed by atoms with Crippen LogP contribution in [0.2, 0.25) is 0 Å². The van der Waals surface area contributed by atoms with Gasteiger partial charge >= 0.3 is 0 Å². The summed E-state index contributed by atoms with van der Waals surface area (Å²) in [6.45, 7) is 5.58. The lowest BCUT2D eigenvalue weighted by atomic mass is 10.2. The van der Waals surface area contributed by atoms with Crippen molar-refractivity contribution in [1.82, 2.24) is 5.32 Å². The molecule has 4 nitrogen and oxygen atoms in total. The molecule has 1 heterocycles. The van der Waals surface area contributed by atoms with E-state index in [9.17, 15) is 4.79 Å². The van der Waals surface area contributed by atoms with Gasteiger partial charge in [-0.1, -0.05) is 56.7 Å². The number of rotatable bonds is 9. The average molecular weight is 366 g/mol. The number of carbonyl (C=O) groups is 1. The van der Waals surface area contributed by atoms with E-state index in [2.05, 4.69) is 19.2 Å². The van der Waals surface area contributed by atoms with E-state index in [1.54, 1.807) is 0 Å². The third kappa shape index (κ3) is 5.53. The fourth-order valence-corrected chi connectivity index (χ4v) is 3.12. The van der Waals surface area contributed by atoms with Crippen LogP contribution >= 0.6 is 24.0 Å². The third-order valence-electron chi connectivity index (χ3n) is 3.42. The second-order valence-corrected chi connectivity index (χ2v) is 7.18. The van der Waals surface area contributed by atoms with Crippen molar-refractivity contribution in [2.75, 3.05) is 13.2 Å². The van der Waals surface area contributed by atoms with Gasteiger partial charge in [-0.15, -0.1) is 0 Å². The number of nitrogens with one attached hydrogen (secondary N) is 1. The van der Waals surface area contributed by atoms with E-state index >= 15 is 0 Å². The number of thioether (sulfide) groups is 1. The summed E-state index contributed by atoms with van der Waals surface area (Å²) < 4.78 is 12.2. The molecule has 0 aliphatic carbocycles. The summed E-state index contributed by atoms with van der Waals surface area (Å²) in [5.74, 6) is 1.32. The maximum atomic E-state index is 11.8. The molecular formula is C18H23NO3S2. The molecular weight excluding hydrogens is 342 g/mol. The van der Waals surface area contributed by atoms with Crippen LogP contribution in [0.25, 0.3) is 6.08 Å². The Bertz CT molecular complexity index is 629. The Morgan fingerprint density at radius 3 is 2.38 bits per heavy atom. The summed E-state index contributed by atoms with van der Waals surface area (Å²) in [5, 5.41) is 2.62. The molecule has 0 spiro atoms. The topological polar surface area (TPSA) is 47.6 Å². The van der Waals surface area contributed by atoms with E-state index in [4.69, 9.17) is 21.7 Å². The summed E-state index contributed by atoms with van der Waals surface area (Å²) in [5.41, 5.74) is 0.895. The largest absolute Gasteiger partial charge is 0.490 e. The molecule has 1 fully saturated rings. The van der Waals surface area contributed by atoms with E-state index < -0.39 is 0 Å². The van der Waals surface area contributed by atoms with Crippen LogP contribution in [0, 0.1) is 0 Å². The molecule has 0 bridgehead atoms. The van der Waals surface area contributed by atoms with Crippen LogP contribution in [0.3, 0.4) is 0 Å². The highest BCUT2D eigenvalue weighted by Crippen LogP contribution is 2.32. The molecule has 1 aliphatic heterocycles. The van der Waals surface area contributed by atoms with E-state index in [1.165, 1.54) is 11.8 Å². The zero-order valence-corrected chi connectivity index (χ0v) is 15.7. The number of hydrogen-bond donors (Lipinski definition) is 1. The Hall–Kier alpha value is -1.53. The van der Waals surface area contributed by atoms with Crippen molar-refractivity contribution >= 4 is 40.3 Å². The molecule has 0 unspecified atom stereocenters. The third-order valence-corrected chi connectivity index (χ3v) is 4.58. The monoisotopic (exact) mass is 365 g/mol. The van der Waals surface area contributed by atoms with Gasteiger partial charge < -0.3 is 14.8 Å². The molecule has 1 amide bonds. The molecule has 1 saturated heterocycles. The van der Waals surface area contributed by atoms with E-state index in [-0.39, 0.29) is 5.91 Å². The summed E-state index contributed by atoms with van der Waals surface area (Å²) in [6.07, 6.45) is 5.98. The number of carbonyl (C=O) groups excluding carboxylic acids is 1. The van der Waals surface area contributed by atoms with Crippen molar-refractivity contribution in [2.24, 2.45) is 0 Å². The van der Waals surface area contributed by atoms with E-state index in [0.717, 1.165) is 42.7 Å². The second-order valence-electron chi connectivity index (χ2n) is 5.46. The number of hydrogen-bond acceptors (Lipinski definition) is 5. The van der Waals surface area contributed by atoms with Crippen molar-refractivity contribution in [2.45, 2.75) is 39.5 Å². The standard InChI is InChI=1S/C18H23NO3S2/c1-3-5-9-21-14-8-7-13(11-15(14)22-10-6-4-2)12-16-17(20)19-18(23)24-16/h7-8,11-12H,3-6,9-10H2,1-2H3,(H,19,20,23). The first kappa shape index (κ1) is 18.8. The predicted octanol–water partition coefficient (Wildman–Crippen LogP) is 4.53. The van der Waals surface area contributed by atoms with Crippen LogP contribution in [-0.4, -0.2) is 23.4 Å². The van der Waals surface area contributed by atoms with Crippen molar-refractivity contribution in [1.29, 1.82) is 0 Å². The molecule has 6 heteroatoms. The highest BCUT2D eigenvalue weighted by atomic mass is 32.2. The predicted molar refractivity (Wildman–Crippen MR) is 104 cm³/mol. The minimum atomic E-state index is -0.151. The van der Waals surface area contributed by atoms with Crippen LogP contribution in [0.1, 0.15) is 45.1 Å². The van der Waals surface area contributed by atoms with Crippen LogP contribution < -0.4 is 14.8 Å². The number of benzene rings is 1. The maximum Gasteiger partial charge on any atom is 0.263 e. The summed E-state index contributed by atoms with van der Waals surface area (Å²) >= 11 is 6.29. The summed E-state index contributed by atoms with van der Waals surface area (Å²) in [4.78, 5) is 12.4. The molecule has 1 aromatic rings. The summed E-state index contributed by atoms with van der Waals surface area (Å²) in [6, 6.07) is 5.74. The van der Waals surface area contributed by atoms with Gasteiger partial charge in [0.15, 0.2) is 11.5 Å². The zero-order chi connectivity index (χ0) is 17.4. The first-order valence-corrected chi connectivity index (χ1v) is 9.51. The van der Waals surface area contributed by atoms with Crippen LogP contribution in [0.5, 0.6) is 11.5 Å². The molecule has 0 aromatic heterocycles. The minimum absolute atomic E-state index is 0.151. The number of unbranched alkanes of at least 4 members (excludes halogenated alkanes) is 2. The summed E-state index contributed by atoms with van der Waals surface area (Å²) in [7, 11) is 0. The highest BCUT2D eigenvalue weighted by molar-refractivity contribution is 8.26. The van der Waals surface area contributed by atoms with E-state index in [1.807, 2.05) is 24.3 Å². The minimum Gasteiger partial charge on any atom is -0.490 e. The van der Waals surface area contributed by atoms with Crippen molar-refractivity contribution in [3.8, 4) is 11.5 Å². The lowest BCUT2D eigenvalue weighted by Crippen LogP contribution is -2.17. The number of thiocarbonyl (C=S) groups is 1. The van der Waals surface area contributed by atoms with E-state index in [0.29, 0.717) is 22.4 Å². The molecule has 24 heavy (non-hydrogen) atoms. The average Bonchev–Trinajstić information content (AvgIpc) is 2.87. The Morgan fingerprint density at radius 2 is 1.79 bits per heavy atom. The van der Waals surface area contributed by atoms with Gasteiger partial charge in [-0.25, -0.2) is 0 Å². The van der Waals surface area contributed by atoms with Crippen LogP contribution in [0.15, 0.2) is 23.1 Å². The van der Waals surface area contributed by atoms with Crippen LogP contribution in [-0.2, 0) is 4.79 Å². The first-order valence-electron chi connectivity index (χ1n) is 8.28. The Kier molecular flexibility index (Phi) is 7.59. The quantitative estimate of drug-likeness (QED) is 0.396. The maximum absolute atomic E-state index is 11.8. The fourth-order valence-electron chi connectivity index (χ4n) is 2.07. The van der Waals surface area contributed by atoms with Gasteiger partial charge in [0.05, 0.1) is 18.1 Å². The molecule has 1 aliphatic rings. The second kappa shape index (κ2) is 9.69. The highest BCUT2D eigenvalue weighted by Gasteiger charge is 2.22. The molecule has 1 N–H and O–H groups in total. The molecule has 130 valence electrons. The molecule has 0 radical (unpaired) electrons. The van der Waals surface area contributed by atoms with Crippen molar-refractivity contribution in [3.63, 3.8) is 0 Å². The molecule has 0 saturated carbocycles. The van der Waals surface area contributed by atoms with Gasteiger partial charge in [0.2, 0.25) is 0 Å². The SMILES string of the molecule is CCCCOc1ccc(C=C2SC(=S)NC2=O)cc1OCCCC. The number of amides is 1. The lowest BCUT2D eigenvalue weighted by Gasteiger charge is -2.13. The lowest BCUT2D eigenvalue weighted by molar-refractivity contribution is -0.115. The van der Waals surface area contributed by atoms with Gasteiger partial charge in [0.25, 0.3) is 5.91 Å². The molecule has 1 aromatic carbocycles. The molecule has 2 rings (SSSR count). The van der Waals surface area contributed by atoms with Crippen molar-refractivity contribution in [3.05, 3.63) is 28.7 Å². The molecule has 0 atom stereocenters. The Labute approximate surface area is 153 Å².